The van der Waals surface area contributed by atoms with Crippen LogP contribution in [0.3, 0.4) is 0 Å². The van der Waals surface area contributed by atoms with Crippen LogP contribution in [0.5, 0.6) is 0 Å². The van der Waals surface area contributed by atoms with Crippen molar-refractivity contribution in [3.05, 3.63) is 47.5 Å². The molecule has 126 valence electrons. The van der Waals surface area contributed by atoms with Crippen molar-refractivity contribution in [2.75, 3.05) is 0 Å². The van der Waals surface area contributed by atoms with Crippen LogP contribution < -0.4 is 0 Å². The second kappa shape index (κ2) is 5.84. The zero-order chi connectivity index (χ0) is 17.5. The number of benzene rings is 2. The molecule has 0 aliphatic rings. The standard InChI is InChI=1S/C22H28N2/c1-21(2,3)13-15-7-9-17-19(11-15)24-20-12-16(14-22(4,5)6)8-10-18(20)23-17/h7-12H,13-14H2,1-6H3. The van der Waals surface area contributed by atoms with E-state index >= 15 is 0 Å². The van der Waals surface area contributed by atoms with E-state index in [-0.39, 0.29) is 10.8 Å². The molecule has 1 heterocycles. The molecule has 2 aromatic carbocycles. The SMILES string of the molecule is CC(C)(C)Cc1ccc2nc3ccc(CC(C)(C)C)cc3nc2c1. The monoisotopic (exact) mass is 320 g/mol. The summed E-state index contributed by atoms with van der Waals surface area (Å²) < 4.78 is 0. The molecule has 0 aliphatic carbocycles. The summed E-state index contributed by atoms with van der Waals surface area (Å²) in [6.07, 6.45) is 2.10. The predicted octanol–water partition coefficient (Wildman–Crippen LogP) is 5.96. The molecular weight excluding hydrogens is 292 g/mol. The Balaban J connectivity index is 2.05. The zero-order valence-corrected chi connectivity index (χ0v) is 15.8. The second-order valence-electron chi connectivity index (χ2n) is 9.34. The third-order valence-electron chi connectivity index (χ3n) is 4.03. The van der Waals surface area contributed by atoms with Crippen molar-refractivity contribution in [1.82, 2.24) is 9.97 Å². The smallest absolute Gasteiger partial charge is 0.0897 e. The highest BCUT2D eigenvalue weighted by atomic mass is 14.8. The lowest BCUT2D eigenvalue weighted by Gasteiger charge is -2.18. The van der Waals surface area contributed by atoms with Crippen molar-refractivity contribution >= 4 is 22.1 Å². The molecule has 0 amide bonds. The lowest BCUT2D eigenvalue weighted by atomic mass is 9.88. The Bertz CT molecular complexity index is 809. The highest BCUT2D eigenvalue weighted by molar-refractivity contribution is 5.86. The van der Waals surface area contributed by atoms with Gasteiger partial charge in [0.2, 0.25) is 0 Å². The fourth-order valence-electron chi connectivity index (χ4n) is 3.21. The van der Waals surface area contributed by atoms with Crippen molar-refractivity contribution in [3.63, 3.8) is 0 Å². The molecule has 0 N–H and O–H groups in total. The first-order valence-electron chi connectivity index (χ1n) is 8.78. The number of hydrogen-bond acceptors (Lipinski definition) is 2. The van der Waals surface area contributed by atoms with Crippen LogP contribution in [-0.4, -0.2) is 9.97 Å². The highest BCUT2D eigenvalue weighted by Crippen LogP contribution is 2.26. The van der Waals surface area contributed by atoms with Crippen LogP contribution >= 0.6 is 0 Å². The van der Waals surface area contributed by atoms with Crippen molar-refractivity contribution in [2.45, 2.75) is 54.4 Å². The Morgan fingerprint density at radius 1 is 0.583 bits per heavy atom. The van der Waals surface area contributed by atoms with Gasteiger partial charge in [0.05, 0.1) is 22.1 Å². The average Bonchev–Trinajstić information content (AvgIpc) is 2.41. The molecule has 0 atom stereocenters. The average molecular weight is 320 g/mol. The quantitative estimate of drug-likeness (QED) is 0.544. The van der Waals surface area contributed by atoms with E-state index in [1.807, 2.05) is 0 Å². The largest absolute Gasteiger partial charge is 0.245 e. The van der Waals surface area contributed by atoms with Gasteiger partial charge in [-0.25, -0.2) is 9.97 Å². The molecule has 2 heteroatoms. The minimum atomic E-state index is 0.276. The summed E-state index contributed by atoms with van der Waals surface area (Å²) >= 11 is 0. The Morgan fingerprint density at radius 3 is 1.33 bits per heavy atom. The molecule has 3 rings (SSSR count). The first-order valence-corrected chi connectivity index (χ1v) is 8.78. The van der Waals surface area contributed by atoms with E-state index in [9.17, 15) is 0 Å². The van der Waals surface area contributed by atoms with Gasteiger partial charge in [-0.1, -0.05) is 53.7 Å². The predicted molar refractivity (Wildman–Crippen MR) is 103 cm³/mol. The normalized spacial score (nSPS) is 12.9. The van der Waals surface area contributed by atoms with Crippen LogP contribution in [0.4, 0.5) is 0 Å². The lowest BCUT2D eigenvalue weighted by Crippen LogP contribution is -2.09. The summed E-state index contributed by atoms with van der Waals surface area (Å²) in [6.45, 7) is 13.6. The van der Waals surface area contributed by atoms with Gasteiger partial charge in [0.25, 0.3) is 0 Å². The van der Waals surface area contributed by atoms with Crippen LogP contribution in [0.2, 0.25) is 0 Å². The van der Waals surface area contributed by atoms with Gasteiger partial charge < -0.3 is 0 Å². The maximum Gasteiger partial charge on any atom is 0.0897 e. The molecule has 0 saturated carbocycles. The second-order valence-corrected chi connectivity index (χ2v) is 9.34. The zero-order valence-electron chi connectivity index (χ0n) is 15.8. The highest BCUT2D eigenvalue weighted by Gasteiger charge is 2.14. The molecular formula is C22H28N2. The van der Waals surface area contributed by atoms with Gasteiger partial charge in [-0.3, -0.25) is 0 Å². The number of rotatable bonds is 2. The minimum Gasteiger partial charge on any atom is -0.245 e. The van der Waals surface area contributed by atoms with E-state index in [1.165, 1.54) is 11.1 Å². The van der Waals surface area contributed by atoms with Gasteiger partial charge in [0.15, 0.2) is 0 Å². The summed E-state index contributed by atoms with van der Waals surface area (Å²) in [4.78, 5) is 9.69. The van der Waals surface area contributed by atoms with E-state index in [0.717, 1.165) is 34.9 Å². The number of nitrogens with zero attached hydrogens (tertiary/aromatic N) is 2. The first kappa shape index (κ1) is 16.9. The number of fused-ring (bicyclic) bond motifs is 2. The summed E-state index contributed by atoms with van der Waals surface area (Å²) in [5, 5.41) is 0. The van der Waals surface area contributed by atoms with E-state index in [0.29, 0.717) is 0 Å². The fourth-order valence-corrected chi connectivity index (χ4v) is 3.21. The van der Waals surface area contributed by atoms with Crippen molar-refractivity contribution < 1.29 is 0 Å². The van der Waals surface area contributed by atoms with Gasteiger partial charge in [-0.15, -0.1) is 0 Å². The molecule has 1 aromatic heterocycles. The molecule has 24 heavy (non-hydrogen) atoms. The van der Waals surface area contributed by atoms with Gasteiger partial charge in [-0.2, -0.15) is 0 Å². The van der Waals surface area contributed by atoms with Crippen LogP contribution in [0.25, 0.3) is 22.1 Å². The molecule has 0 aliphatic heterocycles. The summed E-state index contributed by atoms with van der Waals surface area (Å²) in [6, 6.07) is 13.0. The maximum absolute atomic E-state index is 4.90. The Labute approximate surface area is 145 Å². The minimum absolute atomic E-state index is 0.276. The molecule has 0 spiro atoms. The maximum atomic E-state index is 4.90. The first-order chi connectivity index (χ1) is 11.1. The van der Waals surface area contributed by atoms with E-state index in [1.54, 1.807) is 0 Å². The number of aromatic nitrogens is 2. The van der Waals surface area contributed by atoms with Crippen LogP contribution in [-0.2, 0) is 12.8 Å². The van der Waals surface area contributed by atoms with Crippen LogP contribution in [0.1, 0.15) is 52.7 Å². The third-order valence-corrected chi connectivity index (χ3v) is 4.03. The Hall–Kier alpha value is -1.96. The molecule has 0 unspecified atom stereocenters. The van der Waals surface area contributed by atoms with Gasteiger partial charge in [0, 0.05) is 0 Å². The summed E-state index contributed by atoms with van der Waals surface area (Å²) in [7, 11) is 0. The van der Waals surface area contributed by atoms with E-state index in [4.69, 9.17) is 9.97 Å². The van der Waals surface area contributed by atoms with Crippen molar-refractivity contribution in [3.8, 4) is 0 Å². The van der Waals surface area contributed by atoms with E-state index < -0.39 is 0 Å². The summed E-state index contributed by atoms with van der Waals surface area (Å²) in [5.41, 5.74) is 7.15. The van der Waals surface area contributed by atoms with Crippen LogP contribution in [0, 0.1) is 10.8 Å². The van der Waals surface area contributed by atoms with Crippen molar-refractivity contribution in [2.24, 2.45) is 10.8 Å². The summed E-state index contributed by atoms with van der Waals surface area (Å²) in [5.74, 6) is 0. The fraction of sp³-hybridized carbons (Fsp3) is 0.455. The van der Waals surface area contributed by atoms with Crippen molar-refractivity contribution in [1.29, 1.82) is 0 Å². The molecule has 3 aromatic rings. The van der Waals surface area contributed by atoms with Gasteiger partial charge in [0.1, 0.15) is 0 Å². The molecule has 0 fully saturated rings. The third kappa shape index (κ3) is 4.11. The lowest BCUT2D eigenvalue weighted by molar-refractivity contribution is 0.411. The Morgan fingerprint density at radius 2 is 0.958 bits per heavy atom. The molecule has 0 radical (unpaired) electrons. The Kier molecular flexibility index (Phi) is 4.11. The number of hydrogen-bond donors (Lipinski definition) is 0. The topological polar surface area (TPSA) is 25.8 Å². The molecule has 0 saturated heterocycles. The van der Waals surface area contributed by atoms with E-state index in [2.05, 4.69) is 77.9 Å². The van der Waals surface area contributed by atoms with Gasteiger partial charge in [-0.05, 0) is 59.1 Å². The van der Waals surface area contributed by atoms with Crippen LogP contribution in [0.15, 0.2) is 36.4 Å². The van der Waals surface area contributed by atoms with Gasteiger partial charge >= 0.3 is 0 Å². The molecule has 2 nitrogen and oxygen atoms in total. The molecule has 0 bridgehead atoms.